The molecule has 0 saturated carbocycles. The molecule has 0 aliphatic rings. The van der Waals surface area contributed by atoms with Crippen LogP contribution in [0.3, 0.4) is 0 Å². The van der Waals surface area contributed by atoms with E-state index < -0.39 is 11.7 Å². The number of hydrogen-bond acceptors (Lipinski definition) is 1. The molecule has 4 heteroatoms. The van der Waals surface area contributed by atoms with Gasteiger partial charge in [0.2, 0.25) is 0 Å². The number of halogens is 3. The topological polar surface area (TPSA) is 12.0 Å². The maximum atomic E-state index is 12.7. The van der Waals surface area contributed by atoms with Crippen LogP contribution in [0.4, 0.5) is 13.2 Å². The summed E-state index contributed by atoms with van der Waals surface area (Å²) in [6, 6.07) is 5.79. The van der Waals surface area contributed by atoms with Gasteiger partial charge < -0.3 is 5.32 Å². The molecule has 1 aromatic carbocycles. The van der Waals surface area contributed by atoms with Crippen molar-refractivity contribution in [2.75, 3.05) is 0 Å². The minimum absolute atomic E-state index is 0.0751. The van der Waals surface area contributed by atoms with Gasteiger partial charge in [0.05, 0.1) is 5.56 Å². The van der Waals surface area contributed by atoms with Crippen LogP contribution in [0.15, 0.2) is 24.3 Å². The van der Waals surface area contributed by atoms with Crippen molar-refractivity contribution in [1.82, 2.24) is 5.32 Å². The average Bonchev–Trinajstić information content (AvgIpc) is 2.38. The average molecular weight is 287 g/mol. The van der Waals surface area contributed by atoms with Gasteiger partial charge in [0.15, 0.2) is 0 Å². The van der Waals surface area contributed by atoms with Gasteiger partial charge in [-0.15, -0.1) is 0 Å². The smallest absolute Gasteiger partial charge is 0.308 e. The van der Waals surface area contributed by atoms with Crippen molar-refractivity contribution in [1.29, 1.82) is 0 Å². The van der Waals surface area contributed by atoms with Crippen molar-refractivity contribution >= 4 is 0 Å². The highest BCUT2D eigenvalue weighted by molar-refractivity contribution is 5.27. The zero-order chi connectivity index (χ0) is 15.2. The summed E-state index contributed by atoms with van der Waals surface area (Å²) in [6.45, 7) is 6.15. The molecule has 0 aromatic heterocycles. The molecule has 0 fully saturated rings. The Hall–Kier alpha value is -1.03. The van der Waals surface area contributed by atoms with Crippen molar-refractivity contribution < 1.29 is 13.2 Å². The molecule has 0 aliphatic carbocycles. The Morgan fingerprint density at radius 2 is 1.85 bits per heavy atom. The molecule has 0 aliphatic heterocycles. The first-order chi connectivity index (χ1) is 9.34. The first-order valence-electron chi connectivity index (χ1n) is 7.27. The highest BCUT2D eigenvalue weighted by Gasteiger charge is 2.30. The Morgan fingerprint density at radius 3 is 2.45 bits per heavy atom. The molecule has 1 nitrogen and oxygen atoms in total. The monoisotopic (exact) mass is 287 g/mol. The lowest BCUT2D eigenvalue weighted by molar-refractivity contribution is -0.137. The summed E-state index contributed by atoms with van der Waals surface area (Å²) in [5, 5.41) is 3.37. The van der Waals surface area contributed by atoms with Gasteiger partial charge in [0.1, 0.15) is 0 Å². The van der Waals surface area contributed by atoms with Crippen LogP contribution in [0.5, 0.6) is 0 Å². The molecule has 20 heavy (non-hydrogen) atoms. The summed E-state index contributed by atoms with van der Waals surface area (Å²) in [5.74, 6) is 0. The van der Waals surface area contributed by atoms with Gasteiger partial charge in [0.25, 0.3) is 0 Å². The summed E-state index contributed by atoms with van der Waals surface area (Å²) in [4.78, 5) is 0. The second-order valence-electron chi connectivity index (χ2n) is 5.41. The molecule has 2 unspecified atom stereocenters. The number of rotatable bonds is 7. The van der Waals surface area contributed by atoms with Crippen LogP contribution in [-0.2, 0) is 6.18 Å². The lowest BCUT2D eigenvalue weighted by Crippen LogP contribution is -2.29. The zero-order valence-corrected chi connectivity index (χ0v) is 12.4. The van der Waals surface area contributed by atoms with Gasteiger partial charge >= 0.3 is 6.18 Å². The summed E-state index contributed by atoms with van der Waals surface area (Å²) in [5.41, 5.74) is 0.101. The summed E-state index contributed by atoms with van der Waals surface area (Å²) in [7, 11) is 0. The Labute approximate surface area is 119 Å². The summed E-state index contributed by atoms with van der Waals surface area (Å²) in [6.07, 6.45) is 0.305. The molecule has 0 bridgehead atoms. The zero-order valence-electron chi connectivity index (χ0n) is 12.4. The standard InChI is InChI=1S/C16H24F3N/c1-4-5-6-8-12(2)20-13(3)14-9-7-10-15(11-14)16(17,18)19/h7,9-13,20H,4-6,8H2,1-3H3. The van der Waals surface area contributed by atoms with E-state index in [-0.39, 0.29) is 6.04 Å². The van der Waals surface area contributed by atoms with E-state index in [1.807, 2.05) is 6.92 Å². The molecule has 2 atom stereocenters. The van der Waals surface area contributed by atoms with Gasteiger partial charge in [-0.2, -0.15) is 13.2 Å². The highest BCUT2D eigenvalue weighted by atomic mass is 19.4. The van der Waals surface area contributed by atoms with Crippen molar-refractivity contribution in [2.45, 2.75) is 64.7 Å². The molecule has 1 aromatic rings. The Balaban J connectivity index is 2.61. The number of benzene rings is 1. The molecule has 0 amide bonds. The second-order valence-corrected chi connectivity index (χ2v) is 5.41. The lowest BCUT2D eigenvalue weighted by atomic mass is 10.0. The van der Waals surface area contributed by atoms with Crippen molar-refractivity contribution in [3.63, 3.8) is 0 Å². The van der Waals surface area contributed by atoms with E-state index >= 15 is 0 Å². The van der Waals surface area contributed by atoms with E-state index in [0.717, 1.165) is 18.9 Å². The summed E-state index contributed by atoms with van der Waals surface area (Å²) < 4.78 is 38.0. The molecule has 1 N–H and O–H groups in total. The third-order valence-corrected chi connectivity index (χ3v) is 3.49. The van der Waals surface area contributed by atoms with Crippen LogP contribution in [0.25, 0.3) is 0 Å². The largest absolute Gasteiger partial charge is 0.416 e. The Morgan fingerprint density at radius 1 is 1.15 bits per heavy atom. The normalized spacial score (nSPS) is 15.1. The first kappa shape index (κ1) is 17.0. The third-order valence-electron chi connectivity index (χ3n) is 3.49. The van der Waals surface area contributed by atoms with Gasteiger partial charge in [-0.3, -0.25) is 0 Å². The quantitative estimate of drug-likeness (QED) is 0.669. The van der Waals surface area contributed by atoms with Crippen molar-refractivity contribution in [2.24, 2.45) is 0 Å². The first-order valence-corrected chi connectivity index (χ1v) is 7.27. The predicted octanol–water partition coefficient (Wildman–Crippen LogP) is 5.32. The van der Waals surface area contributed by atoms with Crippen molar-refractivity contribution in [3.05, 3.63) is 35.4 Å². The highest BCUT2D eigenvalue weighted by Crippen LogP contribution is 2.30. The van der Waals surface area contributed by atoms with Crippen LogP contribution in [0.2, 0.25) is 0 Å². The molecule has 0 radical (unpaired) electrons. The van der Waals surface area contributed by atoms with E-state index in [9.17, 15) is 13.2 Å². The second kappa shape index (κ2) is 7.67. The van der Waals surface area contributed by atoms with E-state index in [2.05, 4.69) is 19.2 Å². The minimum Gasteiger partial charge on any atom is -0.308 e. The van der Waals surface area contributed by atoms with Crippen LogP contribution in [0.1, 0.15) is 63.6 Å². The fourth-order valence-corrected chi connectivity index (χ4v) is 2.29. The number of unbranched alkanes of at least 4 members (excludes halogenated alkanes) is 2. The maximum Gasteiger partial charge on any atom is 0.416 e. The molecule has 114 valence electrons. The fraction of sp³-hybridized carbons (Fsp3) is 0.625. The van der Waals surface area contributed by atoms with Crippen LogP contribution >= 0.6 is 0 Å². The van der Waals surface area contributed by atoms with Crippen molar-refractivity contribution in [3.8, 4) is 0 Å². The Kier molecular flexibility index (Phi) is 6.53. The fourth-order valence-electron chi connectivity index (χ4n) is 2.29. The molecule has 1 rings (SSSR count). The molecular weight excluding hydrogens is 263 g/mol. The molecule has 0 spiro atoms. The van der Waals surface area contributed by atoms with E-state index in [1.165, 1.54) is 25.0 Å². The molecular formula is C16H24F3N. The SMILES string of the molecule is CCCCCC(C)NC(C)c1cccc(C(F)(F)F)c1. The summed E-state index contributed by atoms with van der Waals surface area (Å²) >= 11 is 0. The maximum absolute atomic E-state index is 12.7. The number of alkyl halides is 3. The predicted molar refractivity (Wildman–Crippen MR) is 76.6 cm³/mol. The third kappa shape index (κ3) is 5.53. The molecule has 0 heterocycles. The van der Waals surface area contributed by atoms with Crippen LogP contribution < -0.4 is 5.32 Å². The van der Waals surface area contributed by atoms with Gasteiger partial charge in [0, 0.05) is 12.1 Å². The van der Waals surface area contributed by atoms with Gasteiger partial charge in [-0.05, 0) is 38.0 Å². The number of hydrogen-bond donors (Lipinski definition) is 1. The van der Waals surface area contributed by atoms with Gasteiger partial charge in [-0.1, -0.05) is 38.3 Å². The Bertz CT molecular complexity index is 401. The minimum atomic E-state index is -4.28. The number of nitrogens with one attached hydrogen (secondary N) is 1. The lowest BCUT2D eigenvalue weighted by Gasteiger charge is -2.21. The van der Waals surface area contributed by atoms with E-state index in [4.69, 9.17) is 0 Å². The van der Waals surface area contributed by atoms with Crippen LogP contribution in [-0.4, -0.2) is 6.04 Å². The van der Waals surface area contributed by atoms with Crippen LogP contribution in [0, 0.1) is 0 Å². The van der Waals surface area contributed by atoms with Gasteiger partial charge in [-0.25, -0.2) is 0 Å². The van der Waals surface area contributed by atoms with E-state index in [0.29, 0.717) is 11.6 Å². The molecule has 0 saturated heterocycles. The van der Waals surface area contributed by atoms with E-state index in [1.54, 1.807) is 6.07 Å².